The van der Waals surface area contributed by atoms with Gasteiger partial charge >= 0.3 is 0 Å². The molecule has 2 N–H and O–H groups in total. The molecule has 1 aromatic rings. The van der Waals surface area contributed by atoms with Crippen molar-refractivity contribution in [2.24, 2.45) is 0 Å². The molecule has 0 aromatic carbocycles. The minimum Gasteiger partial charge on any atom is -0.480 e. The molecule has 72 valence electrons. The van der Waals surface area contributed by atoms with E-state index in [-0.39, 0.29) is 0 Å². The summed E-state index contributed by atoms with van der Waals surface area (Å²) >= 11 is 0. The minimum absolute atomic E-state index is 0.527. The number of ether oxygens (including phenoxy) is 1. The molecule has 0 amide bonds. The summed E-state index contributed by atoms with van der Waals surface area (Å²) in [6.07, 6.45) is 0. The first-order valence-corrected chi connectivity index (χ1v) is 4.13. The molecule has 0 aliphatic carbocycles. The smallest absolute Gasteiger partial charge is 0.233 e. The minimum atomic E-state index is 0.527. The van der Waals surface area contributed by atoms with E-state index in [2.05, 4.69) is 20.8 Å². The molecular formula is C8H14N4O. The summed E-state index contributed by atoms with van der Waals surface area (Å²) in [7, 11) is 3.47. The van der Waals surface area contributed by atoms with Crippen molar-refractivity contribution in [3.8, 4) is 5.88 Å². The van der Waals surface area contributed by atoms with Crippen LogP contribution in [0.1, 0.15) is 0 Å². The van der Waals surface area contributed by atoms with Crippen LogP contribution in [0.25, 0.3) is 0 Å². The van der Waals surface area contributed by atoms with Gasteiger partial charge in [0, 0.05) is 19.2 Å². The highest BCUT2D eigenvalue weighted by atomic mass is 16.5. The van der Waals surface area contributed by atoms with Crippen molar-refractivity contribution < 1.29 is 4.74 Å². The molecule has 13 heavy (non-hydrogen) atoms. The zero-order valence-electron chi connectivity index (χ0n) is 7.87. The van der Waals surface area contributed by atoms with Crippen molar-refractivity contribution in [2.75, 3.05) is 32.6 Å². The highest BCUT2D eigenvalue weighted by molar-refractivity contribution is 5.33. The molecule has 1 heterocycles. The van der Waals surface area contributed by atoms with Gasteiger partial charge in [0.15, 0.2) is 0 Å². The molecule has 0 spiro atoms. The fourth-order valence-corrected chi connectivity index (χ4v) is 0.839. The first-order chi connectivity index (χ1) is 6.36. The number of anilines is 1. The third-order valence-electron chi connectivity index (χ3n) is 1.53. The monoisotopic (exact) mass is 182 g/mol. The number of likely N-dealkylation sites (N-methyl/N-ethyl adjacent to an activating group) is 1. The van der Waals surface area contributed by atoms with Gasteiger partial charge in [-0.2, -0.15) is 0 Å². The molecule has 0 radical (unpaired) electrons. The molecule has 0 aliphatic rings. The van der Waals surface area contributed by atoms with Crippen LogP contribution in [0.3, 0.4) is 0 Å². The molecule has 0 saturated carbocycles. The Balaban J connectivity index is 2.40. The lowest BCUT2D eigenvalue weighted by Gasteiger charge is -2.03. The molecule has 0 unspecified atom stereocenters. The Morgan fingerprint density at radius 1 is 1.31 bits per heavy atom. The quantitative estimate of drug-likeness (QED) is 0.633. The van der Waals surface area contributed by atoms with Crippen LogP contribution in [-0.4, -0.2) is 37.4 Å². The largest absolute Gasteiger partial charge is 0.480 e. The zero-order chi connectivity index (χ0) is 9.52. The highest BCUT2D eigenvalue weighted by Gasteiger charge is 1.94. The van der Waals surface area contributed by atoms with Gasteiger partial charge in [0.25, 0.3) is 0 Å². The van der Waals surface area contributed by atoms with Gasteiger partial charge in [0.1, 0.15) is 5.82 Å². The van der Waals surface area contributed by atoms with Crippen molar-refractivity contribution in [3.63, 3.8) is 0 Å². The number of nitrogens with zero attached hydrogens (tertiary/aromatic N) is 2. The lowest BCUT2D eigenvalue weighted by atomic mass is 10.5. The summed E-state index contributed by atoms with van der Waals surface area (Å²) in [5, 5.41) is 13.9. The fraction of sp³-hybridized carbons (Fsp3) is 0.500. The van der Waals surface area contributed by atoms with Gasteiger partial charge in [-0.05, 0) is 13.1 Å². The predicted molar refractivity (Wildman–Crippen MR) is 51.0 cm³/mol. The third kappa shape index (κ3) is 3.25. The number of aromatic nitrogens is 2. The number of methoxy groups -OCH3 is 1. The maximum Gasteiger partial charge on any atom is 0.233 e. The van der Waals surface area contributed by atoms with Crippen molar-refractivity contribution in [3.05, 3.63) is 12.1 Å². The van der Waals surface area contributed by atoms with E-state index in [0.717, 1.165) is 18.9 Å². The van der Waals surface area contributed by atoms with Crippen molar-refractivity contribution >= 4 is 5.82 Å². The molecule has 0 bridgehead atoms. The first kappa shape index (κ1) is 9.73. The molecular weight excluding hydrogens is 168 g/mol. The Bertz CT molecular complexity index is 236. The van der Waals surface area contributed by atoms with Crippen LogP contribution in [0.5, 0.6) is 5.88 Å². The van der Waals surface area contributed by atoms with Crippen LogP contribution >= 0.6 is 0 Å². The standard InChI is InChI=1S/C8H14N4O/c1-9-5-6-10-7-3-4-8(13-2)12-11-7/h3-4,9H,5-6H2,1-2H3,(H,10,11). The van der Waals surface area contributed by atoms with E-state index in [4.69, 9.17) is 4.74 Å². The van der Waals surface area contributed by atoms with Crippen LogP contribution in [0.4, 0.5) is 5.82 Å². The molecule has 0 saturated heterocycles. The normalized spacial score (nSPS) is 9.69. The maximum atomic E-state index is 4.88. The van der Waals surface area contributed by atoms with E-state index in [1.807, 2.05) is 13.1 Å². The SMILES string of the molecule is CNCCNc1ccc(OC)nn1. The van der Waals surface area contributed by atoms with Crippen molar-refractivity contribution in [2.45, 2.75) is 0 Å². The lowest BCUT2D eigenvalue weighted by molar-refractivity contribution is 0.392. The van der Waals surface area contributed by atoms with Crippen LogP contribution in [-0.2, 0) is 0 Å². The van der Waals surface area contributed by atoms with E-state index in [1.54, 1.807) is 13.2 Å². The van der Waals surface area contributed by atoms with Crippen LogP contribution in [0.15, 0.2) is 12.1 Å². The highest BCUT2D eigenvalue weighted by Crippen LogP contribution is 2.06. The Morgan fingerprint density at radius 2 is 2.15 bits per heavy atom. The van der Waals surface area contributed by atoms with E-state index >= 15 is 0 Å². The van der Waals surface area contributed by atoms with Gasteiger partial charge in [0.05, 0.1) is 7.11 Å². The molecule has 1 aromatic heterocycles. The van der Waals surface area contributed by atoms with Gasteiger partial charge in [-0.3, -0.25) is 0 Å². The van der Waals surface area contributed by atoms with E-state index in [9.17, 15) is 0 Å². The zero-order valence-corrected chi connectivity index (χ0v) is 7.87. The van der Waals surface area contributed by atoms with Gasteiger partial charge in [-0.15, -0.1) is 10.2 Å². The van der Waals surface area contributed by atoms with E-state index in [0.29, 0.717) is 5.88 Å². The second-order valence-electron chi connectivity index (χ2n) is 2.49. The Labute approximate surface area is 77.5 Å². The molecule has 0 aliphatic heterocycles. The molecule has 5 heteroatoms. The molecule has 0 fully saturated rings. The van der Waals surface area contributed by atoms with Crippen LogP contribution in [0, 0.1) is 0 Å². The third-order valence-corrected chi connectivity index (χ3v) is 1.53. The number of rotatable bonds is 5. The van der Waals surface area contributed by atoms with Crippen LogP contribution < -0.4 is 15.4 Å². The average molecular weight is 182 g/mol. The number of hydrogen-bond donors (Lipinski definition) is 2. The lowest BCUT2D eigenvalue weighted by Crippen LogP contribution is -2.18. The predicted octanol–water partition coefficient (Wildman–Crippen LogP) is 0.116. The molecule has 1 rings (SSSR count). The average Bonchev–Trinajstić information content (AvgIpc) is 2.19. The van der Waals surface area contributed by atoms with Crippen molar-refractivity contribution in [1.29, 1.82) is 0 Å². The van der Waals surface area contributed by atoms with E-state index in [1.165, 1.54) is 0 Å². The number of nitrogens with one attached hydrogen (secondary N) is 2. The first-order valence-electron chi connectivity index (χ1n) is 4.13. The van der Waals surface area contributed by atoms with Crippen LogP contribution in [0.2, 0.25) is 0 Å². The summed E-state index contributed by atoms with van der Waals surface area (Å²) in [4.78, 5) is 0. The summed E-state index contributed by atoms with van der Waals surface area (Å²) in [6, 6.07) is 3.61. The van der Waals surface area contributed by atoms with Crippen molar-refractivity contribution in [1.82, 2.24) is 15.5 Å². The molecule has 5 nitrogen and oxygen atoms in total. The maximum absolute atomic E-state index is 4.88. The van der Waals surface area contributed by atoms with Gasteiger partial charge in [-0.1, -0.05) is 0 Å². The van der Waals surface area contributed by atoms with Gasteiger partial charge in [0.2, 0.25) is 5.88 Å². The van der Waals surface area contributed by atoms with Gasteiger partial charge < -0.3 is 15.4 Å². The summed E-state index contributed by atoms with van der Waals surface area (Å²) in [5.74, 6) is 1.29. The van der Waals surface area contributed by atoms with E-state index < -0.39 is 0 Å². The fourth-order valence-electron chi connectivity index (χ4n) is 0.839. The Hall–Kier alpha value is -1.36. The second kappa shape index (κ2) is 5.31. The Morgan fingerprint density at radius 3 is 2.69 bits per heavy atom. The molecule has 0 atom stereocenters. The summed E-state index contributed by atoms with van der Waals surface area (Å²) in [6.45, 7) is 1.73. The second-order valence-corrected chi connectivity index (χ2v) is 2.49. The topological polar surface area (TPSA) is 59.1 Å². The Kier molecular flexibility index (Phi) is 3.98. The summed E-state index contributed by atoms with van der Waals surface area (Å²) in [5.41, 5.74) is 0. The number of hydrogen-bond acceptors (Lipinski definition) is 5. The summed E-state index contributed by atoms with van der Waals surface area (Å²) < 4.78 is 4.88. The van der Waals surface area contributed by atoms with Gasteiger partial charge in [-0.25, -0.2) is 0 Å².